The average Bonchev–Trinajstić information content (AvgIpc) is 2.80. The monoisotopic (exact) mass is 262 g/mol. The third kappa shape index (κ3) is 4.24. The zero-order valence-electron chi connectivity index (χ0n) is 11.8. The topological polar surface area (TPSA) is 50.4 Å². The molecule has 1 atom stereocenters. The Kier molecular flexibility index (Phi) is 4.10. The van der Waals surface area contributed by atoms with Crippen LogP contribution in [0.1, 0.15) is 45.2 Å². The molecule has 4 nitrogen and oxygen atoms in total. The summed E-state index contributed by atoms with van der Waals surface area (Å²) in [5.74, 6) is 0. The number of carbonyl (C=O) groups excluding carboxylic acids is 1. The van der Waals surface area contributed by atoms with Crippen LogP contribution in [0, 0.1) is 0 Å². The summed E-state index contributed by atoms with van der Waals surface area (Å²) in [5.41, 5.74) is 1.56. The highest BCUT2D eigenvalue weighted by molar-refractivity contribution is 5.84. The van der Waals surface area contributed by atoms with Crippen LogP contribution in [0.4, 0.5) is 10.5 Å². The molecule has 1 aliphatic rings. The van der Waals surface area contributed by atoms with Gasteiger partial charge in [0.05, 0.1) is 0 Å². The van der Waals surface area contributed by atoms with Crippen LogP contribution in [0.2, 0.25) is 0 Å². The first kappa shape index (κ1) is 13.9. The van der Waals surface area contributed by atoms with E-state index < -0.39 is 11.7 Å². The Morgan fingerprint density at radius 2 is 2.00 bits per heavy atom. The number of hydrogen-bond acceptors (Lipinski definition) is 3. The molecule has 1 heterocycles. The van der Waals surface area contributed by atoms with Gasteiger partial charge in [-0.1, -0.05) is 12.1 Å². The molecule has 1 aliphatic heterocycles. The molecular formula is C15H22N2O2. The van der Waals surface area contributed by atoms with E-state index in [-0.39, 0.29) is 0 Å². The predicted octanol–water partition coefficient (Wildman–Crippen LogP) is 3.46. The number of hydrogen-bond donors (Lipinski definition) is 2. The highest BCUT2D eigenvalue weighted by atomic mass is 16.6. The zero-order chi connectivity index (χ0) is 13.9. The molecule has 104 valence electrons. The number of anilines is 1. The van der Waals surface area contributed by atoms with Crippen LogP contribution < -0.4 is 10.6 Å². The van der Waals surface area contributed by atoms with E-state index in [1.807, 2.05) is 32.9 Å². The summed E-state index contributed by atoms with van der Waals surface area (Å²) in [6.45, 7) is 6.63. The summed E-state index contributed by atoms with van der Waals surface area (Å²) >= 11 is 0. The summed E-state index contributed by atoms with van der Waals surface area (Å²) in [4.78, 5) is 11.6. The molecule has 0 radical (unpaired) electrons. The van der Waals surface area contributed by atoms with Gasteiger partial charge in [-0.25, -0.2) is 4.79 Å². The summed E-state index contributed by atoms with van der Waals surface area (Å²) in [5, 5.41) is 6.19. The van der Waals surface area contributed by atoms with Crippen LogP contribution in [0.5, 0.6) is 0 Å². The number of nitrogens with one attached hydrogen (secondary N) is 2. The third-order valence-electron chi connectivity index (χ3n) is 3.02. The van der Waals surface area contributed by atoms with E-state index in [0.717, 1.165) is 12.2 Å². The van der Waals surface area contributed by atoms with Crippen LogP contribution in [0.15, 0.2) is 24.3 Å². The Bertz CT molecular complexity index is 428. The molecule has 0 saturated carbocycles. The SMILES string of the molecule is CC(C)(C)OC(=O)Nc1ccc([C@H]2CCCN2)cc1. The standard InChI is InChI=1S/C15H22N2O2/c1-15(2,3)19-14(18)17-12-8-6-11(7-9-12)13-5-4-10-16-13/h6-9,13,16H,4-5,10H2,1-3H3,(H,17,18)/t13-/m1/s1. The van der Waals surface area contributed by atoms with Crippen LogP contribution in [0.25, 0.3) is 0 Å². The maximum atomic E-state index is 11.6. The van der Waals surface area contributed by atoms with Gasteiger partial charge in [0.15, 0.2) is 0 Å². The zero-order valence-corrected chi connectivity index (χ0v) is 11.8. The first-order chi connectivity index (χ1) is 8.94. The molecule has 1 amide bonds. The summed E-state index contributed by atoms with van der Waals surface area (Å²) in [7, 11) is 0. The average molecular weight is 262 g/mol. The Balaban J connectivity index is 1.93. The normalized spacial score (nSPS) is 19.2. The van der Waals surface area contributed by atoms with Crippen molar-refractivity contribution >= 4 is 11.8 Å². The second-order valence-electron chi connectivity index (χ2n) is 5.90. The van der Waals surface area contributed by atoms with Gasteiger partial charge in [0.25, 0.3) is 0 Å². The highest BCUT2D eigenvalue weighted by Crippen LogP contribution is 2.24. The van der Waals surface area contributed by atoms with Crippen LogP contribution in [-0.2, 0) is 4.74 Å². The van der Waals surface area contributed by atoms with Gasteiger partial charge in [0, 0.05) is 11.7 Å². The first-order valence-electron chi connectivity index (χ1n) is 6.77. The number of carbonyl (C=O) groups is 1. The minimum Gasteiger partial charge on any atom is -0.444 e. The molecule has 4 heteroatoms. The molecule has 1 fully saturated rings. The second-order valence-corrected chi connectivity index (χ2v) is 5.90. The smallest absolute Gasteiger partial charge is 0.412 e. The van der Waals surface area contributed by atoms with E-state index in [4.69, 9.17) is 4.74 Å². The summed E-state index contributed by atoms with van der Waals surface area (Å²) < 4.78 is 5.21. The molecule has 1 aromatic rings. The van der Waals surface area contributed by atoms with Crippen molar-refractivity contribution in [2.75, 3.05) is 11.9 Å². The molecule has 0 aliphatic carbocycles. The van der Waals surface area contributed by atoms with Crippen LogP contribution >= 0.6 is 0 Å². The Labute approximate surface area is 114 Å². The van der Waals surface area contributed by atoms with E-state index in [1.165, 1.54) is 18.4 Å². The van der Waals surface area contributed by atoms with Crippen molar-refractivity contribution in [3.8, 4) is 0 Å². The molecule has 0 unspecified atom stereocenters. The van der Waals surface area contributed by atoms with E-state index in [2.05, 4.69) is 22.8 Å². The molecule has 1 saturated heterocycles. The minimum atomic E-state index is -0.474. The van der Waals surface area contributed by atoms with Crippen molar-refractivity contribution < 1.29 is 9.53 Å². The van der Waals surface area contributed by atoms with Gasteiger partial charge in [-0.2, -0.15) is 0 Å². The van der Waals surface area contributed by atoms with Gasteiger partial charge in [-0.3, -0.25) is 5.32 Å². The van der Waals surface area contributed by atoms with Gasteiger partial charge in [0.2, 0.25) is 0 Å². The van der Waals surface area contributed by atoms with Crippen molar-refractivity contribution in [2.24, 2.45) is 0 Å². The molecular weight excluding hydrogens is 240 g/mol. The van der Waals surface area contributed by atoms with Crippen LogP contribution in [-0.4, -0.2) is 18.2 Å². The molecule has 2 N–H and O–H groups in total. The Morgan fingerprint density at radius 3 is 2.53 bits per heavy atom. The van der Waals surface area contributed by atoms with Crippen molar-refractivity contribution in [2.45, 2.75) is 45.3 Å². The summed E-state index contributed by atoms with van der Waals surface area (Å²) in [6.07, 6.45) is 1.99. The van der Waals surface area contributed by atoms with E-state index in [1.54, 1.807) is 0 Å². The fourth-order valence-corrected chi connectivity index (χ4v) is 2.19. The summed E-state index contributed by atoms with van der Waals surface area (Å²) in [6, 6.07) is 8.39. The molecule has 0 aromatic heterocycles. The minimum absolute atomic E-state index is 0.417. The van der Waals surface area contributed by atoms with Crippen molar-refractivity contribution in [1.29, 1.82) is 0 Å². The lowest BCUT2D eigenvalue weighted by atomic mass is 10.1. The van der Waals surface area contributed by atoms with Gasteiger partial charge in [-0.15, -0.1) is 0 Å². The molecule has 0 bridgehead atoms. The lowest BCUT2D eigenvalue weighted by Gasteiger charge is -2.19. The van der Waals surface area contributed by atoms with Crippen molar-refractivity contribution in [3.05, 3.63) is 29.8 Å². The third-order valence-corrected chi connectivity index (χ3v) is 3.02. The van der Waals surface area contributed by atoms with Crippen molar-refractivity contribution in [3.63, 3.8) is 0 Å². The van der Waals surface area contributed by atoms with Gasteiger partial charge >= 0.3 is 6.09 Å². The largest absolute Gasteiger partial charge is 0.444 e. The van der Waals surface area contributed by atoms with Gasteiger partial charge in [-0.05, 0) is 57.9 Å². The van der Waals surface area contributed by atoms with Crippen LogP contribution in [0.3, 0.4) is 0 Å². The number of amides is 1. The quantitative estimate of drug-likeness (QED) is 0.858. The molecule has 19 heavy (non-hydrogen) atoms. The number of rotatable bonds is 2. The maximum Gasteiger partial charge on any atom is 0.412 e. The van der Waals surface area contributed by atoms with E-state index in [9.17, 15) is 4.79 Å². The number of benzene rings is 1. The number of ether oxygens (including phenoxy) is 1. The van der Waals surface area contributed by atoms with Crippen molar-refractivity contribution in [1.82, 2.24) is 5.32 Å². The fourth-order valence-electron chi connectivity index (χ4n) is 2.19. The Morgan fingerprint density at radius 1 is 1.32 bits per heavy atom. The van der Waals surface area contributed by atoms with Gasteiger partial charge in [0.1, 0.15) is 5.60 Å². The molecule has 0 spiro atoms. The highest BCUT2D eigenvalue weighted by Gasteiger charge is 2.17. The van der Waals surface area contributed by atoms with Gasteiger partial charge < -0.3 is 10.1 Å². The van der Waals surface area contributed by atoms with E-state index >= 15 is 0 Å². The molecule has 1 aromatic carbocycles. The molecule has 2 rings (SSSR count). The van der Waals surface area contributed by atoms with E-state index in [0.29, 0.717) is 6.04 Å². The predicted molar refractivity (Wildman–Crippen MR) is 76.3 cm³/mol. The maximum absolute atomic E-state index is 11.6. The Hall–Kier alpha value is -1.55. The fraction of sp³-hybridized carbons (Fsp3) is 0.533. The lowest BCUT2D eigenvalue weighted by Crippen LogP contribution is -2.27. The second kappa shape index (κ2) is 5.61. The first-order valence-corrected chi connectivity index (χ1v) is 6.77. The lowest BCUT2D eigenvalue weighted by molar-refractivity contribution is 0.0636.